The first-order valence-electron chi connectivity index (χ1n) is 6.42. The number of nitrogens with two attached hydrogens (primary N) is 1. The second-order valence-electron chi connectivity index (χ2n) is 5.29. The molecule has 0 aromatic rings. The average molecular weight is 211 g/mol. The van der Waals surface area contributed by atoms with Crippen LogP contribution in [0, 0.1) is 5.92 Å². The van der Waals surface area contributed by atoms with Crippen molar-refractivity contribution in [1.29, 1.82) is 0 Å². The summed E-state index contributed by atoms with van der Waals surface area (Å²) in [6.07, 6.45) is 5.39. The molecule has 15 heavy (non-hydrogen) atoms. The minimum Gasteiger partial charge on any atom is -0.330 e. The number of hydrogen-bond acceptors (Lipinski definition) is 3. The maximum atomic E-state index is 5.59. The van der Waals surface area contributed by atoms with Gasteiger partial charge in [-0.1, -0.05) is 0 Å². The van der Waals surface area contributed by atoms with Crippen LogP contribution in [0.5, 0.6) is 0 Å². The van der Waals surface area contributed by atoms with Gasteiger partial charge in [0.05, 0.1) is 0 Å². The molecule has 3 nitrogen and oxygen atoms in total. The molecule has 2 aliphatic heterocycles. The second-order valence-corrected chi connectivity index (χ2v) is 5.29. The normalized spacial score (nSPS) is 28.8. The summed E-state index contributed by atoms with van der Waals surface area (Å²) in [6.45, 7) is 6.13. The van der Waals surface area contributed by atoms with E-state index in [1.54, 1.807) is 0 Å². The van der Waals surface area contributed by atoms with Crippen LogP contribution in [0.25, 0.3) is 0 Å². The highest BCUT2D eigenvalue weighted by molar-refractivity contribution is 4.83. The van der Waals surface area contributed by atoms with Gasteiger partial charge in [0.2, 0.25) is 0 Å². The minimum absolute atomic E-state index is 0.819. The fraction of sp³-hybridized carbons (Fsp3) is 1.00. The quantitative estimate of drug-likeness (QED) is 0.704. The largest absolute Gasteiger partial charge is 0.330 e. The van der Waals surface area contributed by atoms with Crippen LogP contribution in [0.4, 0.5) is 0 Å². The first-order valence-corrected chi connectivity index (χ1v) is 6.42. The Labute approximate surface area is 93.6 Å². The van der Waals surface area contributed by atoms with E-state index in [1.807, 2.05) is 0 Å². The van der Waals surface area contributed by atoms with Crippen LogP contribution in [-0.2, 0) is 0 Å². The summed E-state index contributed by atoms with van der Waals surface area (Å²) in [6, 6.07) is 0.819. The number of nitrogens with zero attached hydrogens (tertiary/aromatic N) is 2. The molecule has 3 heteroatoms. The van der Waals surface area contributed by atoms with Crippen molar-refractivity contribution in [2.24, 2.45) is 11.7 Å². The van der Waals surface area contributed by atoms with Gasteiger partial charge in [0.25, 0.3) is 0 Å². The lowest BCUT2D eigenvalue weighted by Gasteiger charge is -2.42. The van der Waals surface area contributed by atoms with Crippen LogP contribution in [0.2, 0.25) is 0 Å². The molecule has 0 amide bonds. The van der Waals surface area contributed by atoms with Crippen LogP contribution in [0.15, 0.2) is 0 Å². The van der Waals surface area contributed by atoms with Gasteiger partial charge in [0.1, 0.15) is 0 Å². The predicted octanol–water partition coefficient (Wildman–Crippen LogP) is 0.751. The molecule has 0 bridgehead atoms. The Bertz CT molecular complexity index is 189. The van der Waals surface area contributed by atoms with Crippen molar-refractivity contribution < 1.29 is 0 Å². The Morgan fingerprint density at radius 2 is 2.07 bits per heavy atom. The molecule has 2 fully saturated rings. The highest BCUT2D eigenvalue weighted by Gasteiger charge is 2.27. The summed E-state index contributed by atoms with van der Waals surface area (Å²) in [7, 11) is 2.21. The zero-order valence-corrected chi connectivity index (χ0v) is 9.99. The van der Waals surface area contributed by atoms with Crippen molar-refractivity contribution in [2.75, 3.05) is 39.8 Å². The SMILES string of the molecule is CN1CC(CCCN2CCC2CCN)C1. The molecule has 2 N–H and O–H groups in total. The molecule has 0 aromatic carbocycles. The monoisotopic (exact) mass is 211 g/mol. The van der Waals surface area contributed by atoms with E-state index in [-0.39, 0.29) is 0 Å². The van der Waals surface area contributed by atoms with Gasteiger partial charge in [-0.2, -0.15) is 0 Å². The summed E-state index contributed by atoms with van der Waals surface area (Å²) in [5.74, 6) is 0.990. The van der Waals surface area contributed by atoms with Gasteiger partial charge in [0, 0.05) is 19.1 Å². The van der Waals surface area contributed by atoms with Crippen LogP contribution >= 0.6 is 0 Å². The van der Waals surface area contributed by atoms with Crippen LogP contribution in [0.1, 0.15) is 25.7 Å². The van der Waals surface area contributed by atoms with E-state index in [4.69, 9.17) is 5.73 Å². The van der Waals surface area contributed by atoms with Crippen molar-refractivity contribution in [1.82, 2.24) is 9.80 Å². The minimum atomic E-state index is 0.819. The zero-order chi connectivity index (χ0) is 10.7. The van der Waals surface area contributed by atoms with Crippen molar-refractivity contribution in [2.45, 2.75) is 31.7 Å². The van der Waals surface area contributed by atoms with Gasteiger partial charge >= 0.3 is 0 Å². The molecular formula is C12H25N3. The van der Waals surface area contributed by atoms with Crippen LogP contribution in [0.3, 0.4) is 0 Å². The fourth-order valence-corrected chi connectivity index (χ4v) is 2.90. The molecule has 0 spiro atoms. The maximum Gasteiger partial charge on any atom is 0.0119 e. The lowest BCUT2D eigenvalue weighted by Crippen LogP contribution is -2.49. The van der Waals surface area contributed by atoms with Crippen LogP contribution in [-0.4, -0.2) is 55.6 Å². The van der Waals surface area contributed by atoms with E-state index in [9.17, 15) is 0 Å². The summed E-state index contributed by atoms with van der Waals surface area (Å²) in [5, 5.41) is 0. The van der Waals surface area contributed by atoms with Gasteiger partial charge < -0.3 is 15.5 Å². The summed E-state index contributed by atoms with van der Waals surface area (Å²) < 4.78 is 0. The average Bonchev–Trinajstić information content (AvgIpc) is 2.16. The molecule has 0 aliphatic carbocycles. The van der Waals surface area contributed by atoms with Crippen molar-refractivity contribution in [3.63, 3.8) is 0 Å². The highest BCUT2D eigenvalue weighted by atomic mass is 15.2. The van der Waals surface area contributed by atoms with E-state index >= 15 is 0 Å². The van der Waals surface area contributed by atoms with E-state index in [2.05, 4.69) is 16.8 Å². The number of likely N-dealkylation sites (tertiary alicyclic amines) is 2. The molecule has 2 rings (SSSR count). The lowest BCUT2D eigenvalue weighted by atomic mass is 9.94. The Morgan fingerprint density at radius 3 is 2.60 bits per heavy atom. The first-order chi connectivity index (χ1) is 7.29. The number of hydrogen-bond donors (Lipinski definition) is 1. The van der Waals surface area contributed by atoms with E-state index in [1.165, 1.54) is 51.9 Å². The standard InChI is InChI=1S/C12H25N3/c1-14-9-11(10-14)3-2-7-15-8-5-12(15)4-6-13/h11-12H,2-10,13H2,1H3. The molecular weight excluding hydrogens is 186 g/mol. The molecule has 1 unspecified atom stereocenters. The van der Waals surface area contributed by atoms with Crippen molar-refractivity contribution in [3.05, 3.63) is 0 Å². The molecule has 2 heterocycles. The Morgan fingerprint density at radius 1 is 1.27 bits per heavy atom. The third kappa shape index (κ3) is 2.92. The van der Waals surface area contributed by atoms with E-state index in [0.29, 0.717) is 0 Å². The van der Waals surface area contributed by atoms with Crippen LogP contribution < -0.4 is 5.73 Å². The molecule has 0 aromatic heterocycles. The number of rotatable bonds is 6. The predicted molar refractivity (Wildman–Crippen MR) is 63.9 cm³/mol. The zero-order valence-electron chi connectivity index (χ0n) is 9.99. The molecule has 0 saturated carbocycles. The third-order valence-electron chi connectivity index (χ3n) is 3.96. The van der Waals surface area contributed by atoms with Gasteiger partial charge in [0.15, 0.2) is 0 Å². The smallest absolute Gasteiger partial charge is 0.0119 e. The first kappa shape index (κ1) is 11.4. The van der Waals surface area contributed by atoms with Gasteiger partial charge in [-0.25, -0.2) is 0 Å². The van der Waals surface area contributed by atoms with Gasteiger partial charge in [-0.3, -0.25) is 0 Å². The van der Waals surface area contributed by atoms with E-state index in [0.717, 1.165) is 18.5 Å². The van der Waals surface area contributed by atoms with E-state index < -0.39 is 0 Å². The Hall–Kier alpha value is -0.120. The molecule has 88 valence electrons. The summed E-state index contributed by atoms with van der Waals surface area (Å²) in [5.41, 5.74) is 5.59. The molecule has 2 aliphatic rings. The topological polar surface area (TPSA) is 32.5 Å². The third-order valence-corrected chi connectivity index (χ3v) is 3.96. The van der Waals surface area contributed by atoms with Gasteiger partial charge in [-0.05, 0) is 58.3 Å². The maximum absolute atomic E-state index is 5.59. The van der Waals surface area contributed by atoms with Crippen molar-refractivity contribution in [3.8, 4) is 0 Å². The summed E-state index contributed by atoms with van der Waals surface area (Å²) in [4.78, 5) is 5.03. The summed E-state index contributed by atoms with van der Waals surface area (Å²) >= 11 is 0. The second kappa shape index (κ2) is 5.28. The molecule has 1 atom stereocenters. The molecule has 0 radical (unpaired) electrons. The fourth-order valence-electron chi connectivity index (χ4n) is 2.90. The lowest BCUT2D eigenvalue weighted by molar-refractivity contribution is 0.0723. The molecule has 2 saturated heterocycles. The van der Waals surface area contributed by atoms with Crippen molar-refractivity contribution >= 4 is 0 Å². The Kier molecular flexibility index (Phi) is 4.00. The highest BCUT2D eigenvalue weighted by Crippen LogP contribution is 2.23. The van der Waals surface area contributed by atoms with Gasteiger partial charge in [-0.15, -0.1) is 0 Å². The Balaban J connectivity index is 1.51.